The zero-order valence-electron chi connectivity index (χ0n) is 14.2. The van der Waals surface area contributed by atoms with Crippen LogP contribution in [-0.4, -0.2) is 26.9 Å². The fraction of sp³-hybridized carbons (Fsp3) is 0.333. The third-order valence-corrected chi connectivity index (χ3v) is 3.61. The van der Waals surface area contributed by atoms with Crippen molar-refractivity contribution in [2.24, 2.45) is 4.99 Å². The standard InChI is InChI=1S/C18H24N4O/c1-6-13(4)20-16(14(5)23)11-22-17-9-8-12(3)10-15(17)21-18(22)19-7-2/h6,8-10,23H,5,7,11H2,1-4H3,(H,19,21)/b13-6-,20-16?. The van der Waals surface area contributed by atoms with Gasteiger partial charge in [0.25, 0.3) is 0 Å². The average Bonchev–Trinajstić information content (AvgIpc) is 2.83. The van der Waals surface area contributed by atoms with Crippen molar-refractivity contribution in [3.63, 3.8) is 0 Å². The first-order valence-electron chi connectivity index (χ1n) is 7.75. The number of aliphatic imine (C=N–C) groups is 1. The zero-order valence-corrected chi connectivity index (χ0v) is 14.2. The maximum absolute atomic E-state index is 9.89. The van der Waals surface area contributed by atoms with Crippen molar-refractivity contribution in [2.75, 3.05) is 11.9 Å². The minimum atomic E-state index is -0.0254. The highest BCUT2D eigenvalue weighted by molar-refractivity contribution is 5.99. The number of aromatic nitrogens is 2. The van der Waals surface area contributed by atoms with Gasteiger partial charge in [-0.2, -0.15) is 0 Å². The Labute approximate surface area is 137 Å². The maximum atomic E-state index is 9.89. The summed E-state index contributed by atoms with van der Waals surface area (Å²) >= 11 is 0. The molecule has 0 aliphatic heterocycles. The van der Waals surface area contributed by atoms with Crippen LogP contribution in [-0.2, 0) is 6.54 Å². The van der Waals surface area contributed by atoms with Gasteiger partial charge in [-0.25, -0.2) is 4.98 Å². The number of allylic oxidation sites excluding steroid dienone is 3. The summed E-state index contributed by atoms with van der Waals surface area (Å²) in [5, 5.41) is 13.2. The van der Waals surface area contributed by atoms with Crippen molar-refractivity contribution in [3.8, 4) is 0 Å². The van der Waals surface area contributed by atoms with Crippen molar-refractivity contribution < 1.29 is 5.11 Å². The van der Waals surface area contributed by atoms with Crippen LogP contribution in [0.1, 0.15) is 26.3 Å². The molecule has 0 fully saturated rings. The first-order valence-corrected chi connectivity index (χ1v) is 7.75. The monoisotopic (exact) mass is 312 g/mol. The van der Waals surface area contributed by atoms with E-state index in [-0.39, 0.29) is 5.76 Å². The molecular formula is C18H24N4O. The number of aryl methyl sites for hydroxylation is 1. The van der Waals surface area contributed by atoms with Crippen LogP contribution >= 0.6 is 0 Å². The molecule has 0 amide bonds. The van der Waals surface area contributed by atoms with E-state index < -0.39 is 0 Å². The number of rotatable bonds is 6. The van der Waals surface area contributed by atoms with Crippen LogP contribution in [0.25, 0.3) is 11.0 Å². The molecule has 0 radical (unpaired) electrons. The lowest BCUT2D eigenvalue weighted by atomic mass is 10.2. The summed E-state index contributed by atoms with van der Waals surface area (Å²) in [5.41, 5.74) is 4.45. The normalized spacial score (nSPS) is 12.7. The number of anilines is 1. The summed E-state index contributed by atoms with van der Waals surface area (Å²) < 4.78 is 2.02. The Kier molecular flexibility index (Phi) is 5.21. The van der Waals surface area contributed by atoms with Gasteiger partial charge in [0.2, 0.25) is 5.95 Å². The van der Waals surface area contributed by atoms with Crippen LogP contribution in [0, 0.1) is 6.92 Å². The third kappa shape index (κ3) is 3.80. The Bertz CT molecular complexity index is 784. The SMILES string of the molecule is C=C(O)C(Cn1c(NCC)nc2cc(C)ccc21)=N/C(C)=C\C. The molecule has 1 heterocycles. The van der Waals surface area contributed by atoms with E-state index in [1.54, 1.807) is 0 Å². The second kappa shape index (κ2) is 7.13. The summed E-state index contributed by atoms with van der Waals surface area (Å²) in [6, 6.07) is 6.14. The summed E-state index contributed by atoms with van der Waals surface area (Å²) in [4.78, 5) is 9.09. The highest BCUT2D eigenvalue weighted by Gasteiger charge is 2.14. The second-order valence-electron chi connectivity index (χ2n) is 5.48. The van der Waals surface area contributed by atoms with E-state index in [2.05, 4.69) is 34.0 Å². The van der Waals surface area contributed by atoms with E-state index in [0.29, 0.717) is 12.3 Å². The van der Waals surface area contributed by atoms with Crippen LogP contribution in [0.5, 0.6) is 0 Å². The molecule has 1 aromatic heterocycles. The molecule has 0 aliphatic rings. The lowest BCUT2D eigenvalue weighted by molar-refractivity contribution is 0.442. The highest BCUT2D eigenvalue weighted by Crippen LogP contribution is 2.21. The number of hydrogen-bond acceptors (Lipinski definition) is 4. The van der Waals surface area contributed by atoms with E-state index in [0.717, 1.165) is 34.8 Å². The molecule has 0 atom stereocenters. The smallest absolute Gasteiger partial charge is 0.204 e. The van der Waals surface area contributed by atoms with E-state index in [9.17, 15) is 5.11 Å². The molecule has 0 saturated carbocycles. The van der Waals surface area contributed by atoms with Crippen LogP contribution in [0.4, 0.5) is 5.95 Å². The second-order valence-corrected chi connectivity index (χ2v) is 5.48. The lowest BCUT2D eigenvalue weighted by Crippen LogP contribution is -2.15. The Morgan fingerprint density at radius 1 is 1.48 bits per heavy atom. The average molecular weight is 312 g/mol. The minimum Gasteiger partial charge on any atom is -0.507 e. The predicted octanol–water partition coefficient (Wildman–Crippen LogP) is 4.21. The summed E-state index contributed by atoms with van der Waals surface area (Å²) in [5.74, 6) is 0.739. The zero-order chi connectivity index (χ0) is 17.0. The molecule has 0 spiro atoms. The highest BCUT2D eigenvalue weighted by atomic mass is 16.3. The van der Waals surface area contributed by atoms with Gasteiger partial charge in [-0.3, -0.25) is 4.99 Å². The van der Waals surface area contributed by atoms with Gasteiger partial charge in [-0.15, -0.1) is 0 Å². The van der Waals surface area contributed by atoms with Crippen molar-refractivity contribution in [1.82, 2.24) is 9.55 Å². The molecule has 0 bridgehead atoms. The first kappa shape index (κ1) is 16.8. The number of imidazole rings is 1. The van der Waals surface area contributed by atoms with Crippen LogP contribution in [0.3, 0.4) is 0 Å². The van der Waals surface area contributed by atoms with Crippen molar-refractivity contribution in [2.45, 2.75) is 34.2 Å². The molecule has 0 unspecified atom stereocenters. The van der Waals surface area contributed by atoms with E-state index in [1.807, 2.05) is 44.4 Å². The number of nitrogens with one attached hydrogen (secondary N) is 1. The van der Waals surface area contributed by atoms with E-state index in [1.165, 1.54) is 0 Å². The number of fused-ring (bicyclic) bond motifs is 1. The van der Waals surface area contributed by atoms with Gasteiger partial charge in [-0.1, -0.05) is 18.7 Å². The van der Waals surface area contributed by atoms with E-state index in [4.69, 9.17) is 0 Å². The molecule has 0 saturated heterocycles. The molecule has 5 nitrogen and oxygen atoms in total. The summed E-state index contributed by atoms with van der Waals surface area (Å²) in [6.45, 7) is 12.7. The number of hydrogen-bond donors (Lipinski definition) is 2. The molecule has 2 aromatic rings. The fourth-order valence-corrected chi connectivity index (χ4v) is 2.31. The van der Waals surface area contributed by atoms with Crippen LogP contribution in [0.2, 0.25) is 0 Å². The number of aliphatic hydroxyl groups is 1. The molecule has 2 rings (SSSR count). The maximum Gasteiger partial charge on any atom is 0.204 e. The topological polar surface area (TPSA) is 62.4 Å². The molecule has 5 heteroatoms. The third-order valence-electron chi connectivity index (χ3n) is 3.61. The van der Waals surface area contributed by atoms with Crippen molar-refractivity contribution in [1.29, 1.82) is 0 Å². The van der Waals surface area contributed by atoms with Crippen LogP contribution < -0.4 is 5.32 Å². The summed E-state index contributed by atoms with van der Waals surface area (Å²) in [6.07, 6.45) is 1.89. The lowest BCUT2D eigenvalue weighted by Gasteiger charge is -2.11. The quantitative estimate of drug-likeness (QED) is 0.620. The Balaban J connectivity index is 2.54. The van der Waals surface area contributed by atoms with Gasteiger partial charge in [0.05, 0.1) is 17.6 Å². The van der Waals surface area contributed by atoms with Crippen molar-refractivity contribution >= 4 is 22.7 Å². The first-order chi connectivity index (χ1) is 11.0. The molecule has 1 aromatic carbocycles. The number of aliphatic hydroxyl groups excluding tert-OH is 1. The minimum absolute atomic E-state index is 0.0254. The van der Waals surface area contributed by atoms with Crippen LogP contribution in [0.15, 0.2) is 47.3 Å². The van der Waals surface area contributed by atoms with Crippen molar-refractivity contribution in [3.05, 3.63) is 47.9 Å². The summed E-state index contributed by atoms with van der Waals surface area (Å²) in [7, 11) is 0. The fourth-order valence-electron chi connectivity index (χ4n) is 2.31. The largest absolute Gasteiger partial charge is 0.507 e. The van der Waals surface area contributed by atoms with Gasteiger partial charge >= 0.3 is 0 Å². The molecule has 122 valence electrons. The van der Waals surface area contributed by atoms with E-state index >= 15 is 0 Å². The Morgan fingerprint density at radius 3 is 2.83 bits per heavy atom. The predicted molar refractivity (Wildman–Crippen MR) is 97.3 cm³/mol. The van der Waals surface area contributed by atoms with Gasteiger partial charge in [0.1, 0.15) is 11.5 Å². The number of nitrogens with zero attached hydrogens (tertiary/aromatic N) is 3. The molecule has 0 aliphatic carbocycles. The van der Waals surface area contributed by atoms with Gasteiger partial charge in [0, 0.05) is 12.2 Å². The van der Waals surface area contributed by atoms with Gasteiger partial charge in [0.15, 0.2) is 0 Å². The number of benzene rings is 1. The van der Waals surface area contributed by atoms with Gasteiger partial charge < -0.3 is 15.0 Å². The van der Waals surface area contributed by atoms with Gasteiger partial charge in [-0.05, 0) is 45.4 Å². The Morgan fingerprint density at radius 2 is 2.22 bits per heavy atom. The molecule has 23 heavy (non-hydrogen) atoms. The Hall–Kier alpha value is -2.56. The molecule has 2 N–H and O–H groups in total. The molecular weight excluding hydrogens is 288 g/mol.